The summed E-state index contributed by atoms with van der Waals surface area (Å²) in [5.41, 5.74) is 6.85. The van der Waals surface area contributed by atoms with E-state index >= 15 is 0 Å². The first-order valence-corrected chi connectivity index (χ1v) is 6.41. The second-order valence-electron chi connectivity index (χ2n) is 3.96. The van der Waals surface area contributed by atoms with Crippen LogP contribution in [0.2, 0.25) is 10.0 Å². The van der Waals surface area contributed by atoms with Gasteiger partial charge < -0.3 is 10.5 Å². The Hall–Kier alpha value is -1.29. The van der Waals surface area contributed by atoms with Crippen molar-refractivity contribution < 1.29 is 9.13 Å². The minimum atomic E-state index is -0.443. The molecule has 0 aliphatic carbocycles. The van der Waals surface area contributed by atoms with Gasteiger partial charge in [-0.1, -0.05) is 35.3 Å². The van der Waals surface area contributed by atoms with Crippen LogP contribution < -0.4 is 10.5 Å². The van der Waals surface area contributed by atoms with Gasteiger partial charge in [-0.2, -0.15) is 0 Å². The SMILES string of the molecule is NCc1cccc(F)c1OCc1cc(Cl)ccc1Cl. The summed E-state index contributed by atoms with van der Waals surface area (Å²) in [4.78, 5) is 0. The Kier molecular flexibility index (Phi) is 4.64. The molecule has 0 aliphatic heterocycles. The molecule has 0 unspecified atom stereocenters. The van der Waals surface area contributed by atoms with Gasteiger partial charge in [0.2, 0.25) is 0 Å². The molecule has 0 spiro atoms. The quantitative estimate of drug-likeness (QED) is 0.919. The summed E-state index contributed by atoms with van der Waals surface area (Å²) >= 11 is 11.9. The van der Waals surface area contributed by atoms with Gasteiger partial charge in [0.05, 0.1) is 0 Å². The molecule has 2 aromatic carbocycles. The molecule has 0 saturated heterocycles. The number of para-hydroxylation sites is 1. The first-order chi connectivity index (χ1) is 9.11. The molecule has 2 nitrogen and oxygen atoms in total. The molecule has 5 heteroatoms. The summed E-state index contributed by atoms with van der Waals surface area (Å²) in [7, 11) is 0. The van der Waals surface area contributed by atoms with Gasteiger partial charge in [-0.25, -0.2) is 4.39 Å². The van der Waals surface area contributed by atoms with Gasteiger partial charge in [-0.15, -0.1) is 0 Å². The Bertz CT molecular complexity index is 590. The number of hydrogen-bond acceptors (Lipinski definition) is 2. The van der Waals surface area contributed by atoms with E-state index in [1.807, 2.05) is 0 Å². The molecule has 0 aromatic heterocycles. The predicted molar refractivity (Wildman–Crippen MR) is 75.1 cm³/mol. The maximum absolute atomic E-state index is 13.7. The number of ether oxygens (including phenoxy) is 1. The maximum Gasteiger partial charge on any atom is 0.165 e. The zero-order valence-electron chi connectivity index (χ0n) is 10.00. The van der Waals surface area contributed by atoms with Gasteiger partial charge in [0, 0.05) is 27.7 Å². The van der Waals surface area contributed by atoms with Gasteiger partial charge in [-0.3, -0.25) is 0 Å². The highest BCUT2D eigenvalue weighted by Gasteiger charge is 2.10. The highest BCUT2D eigenvalue weighted by molar-refractivity contribution is 6.33. The molecule has 19 heavy (non-hydrogen) atoms. The average molecular weight is 300 g/mol. The molecule has 0 saturated carbocycles. The topological polar surface area (TPSA) is 35.2 Å². The zero-order valence-corrected chi connectivity index (χ0v) is 11.5. The fraction of sp³-hybridized carbons (Fsp3) is 0.143. The molecule has 0 heterocycles. The van der Waals surface area contributed by atoms with Crippen molar-refractivity contribution in [3.05, 3.63) is 63.4 Å². The van der Waals surface area contributed by atoms with Crippen LogP contribution in [0.4, 0.5) is 4.39 Å². The summed E-state index contributed by atoms with van der Waals surface area (Å²) in [5, 5.41) is 1.07. The largest absolute Gasteiger partial charge is 0.485 e. The number of nitrogens with two attached hydrogens (primary N) is 1. The second-order valence-corrected chi connectivity index (χ2v) is 4.80. The number of halogens is 3. The van der Waals surface area contributed by atoms with Crippen LogP contribution in [0.25, 0.3) is 0 Å². The lowest BCUT2D eigenvalue weighted by Crippen LogP contribution is -2.05. The number of rotatable bonds is 4. The van der Waals surface area contributed by atoms with E-state index in [4.69, 9.17) is 33.7 Å². The number of benzene rings is 2. The fourth-order valence-electron chi connectivity index (χ4n) is 1.68. The Balaban J connectivity index is 2.21. The van der Waals surface area contributed by atoms with E-state index in [0.29, 0.717) is 21.2 Å². The normalized spacial score (nSPS) is 10.5. The van der Waals surface area contributed by atoms with Crippen LogP contribution in [-0.2, 0) is 13.2 Å². The van der Waals surface area contributed by atoms with E-state index in [1.165, 1.54) is 6.07 Å². The Morgan fingerprint density at radius 2 is 1.89 bits per heavy atom. The first kappa shape index (κ1) is 14.1. The van der Waals surface area contributed by atoms with Gasteiger partial charge >= 0.3 is 0 Å². The lowest BCUT2D eigenvalue weighted by molar-refractivity contribution is 0.287. The van der Waals surface area contributed by atoms with E-state index in [2.05, 4.69) is 0 Å². The van der Waals surface area contributed by atoms with Crippen LogP contribution in [0.1, 0.15) is 11.1 Å². The number of hydrogen-bond donors (Lipinski definition) is 1. The van der Waals surface area contributed by atoms with Crippen LogP contribution >= 0.6 is 23.2 Å². The molecule has 0 fully saturated rings. The molecule has 0 aliphatic rings. The van der Waals surface area contributed by atoms with Gasteiger partial charge in [0.1, 0.15) is 6.61 Å². The van der Waals surface area contributed by atoms with Crippen LogP contribution in [0.3, 0.4) is 0 Å². The molecule has 100 valence electrons. The Morgan fingerprint density at radius 1 is 1.11 bits per heavy atom. The van der Waals surface area contributed by atoms with Crippen molar-refractivity contribution in [2.75, 3.05) is 0 Å². The van der Waals surface area contributed by atoms with Crippen molar-refractivity contribution in [3.8, 4) is 5.75 Å². The van der Waals surface area contributed by atoms with Crippen molar-refractivity contribution in [2.24, 2.45) is 5.73 Å². The van der Waals surface area contributed by atoms with E-state index in [1.54, 1.807) is 30.3 Å². The van der Waals surface area contributed by atoms with Crippen molar-refractivity contribution in [3.63, 3.8) is 0 Å². The zero-order chi connectivity index (χ0) is 13.8. The summed E-state index contributed by atoms with van der Waals surface area (Å²) in [6.07, 6.45) is 0. The van der Waals surface area contributed by atoms with E-state index in [-0.39, 0.29) is 18.9 Å². The summed E-state index contributed by atoms with van der Waals surface area (Å²) in [6, 6.07) is 9.69. The van der Waals surface area contributed by atoms with Crippen molar-refractivity contribution in [2.45, 2.75) is 13.2 Å². The van der Waals surface area contributed by atoms with Crippen LogP contribution in [0, 0.1) is 5.82 Å². The standard InChI is InChI=1S/C14H12Cl2FNO/c15-11-4-5-12(16)10(6-11)8-19-14-9(7-18)2-1-3-13(14)17/h1-6H,7-8,18H2. The van der Waals surface area contributed by atoms with E-state index in [0.717, 1.165) is 0 Å². The van der Waals surface area contributed by atoms with Crippen molar-refractivity contribution in [1.82, 2.24) is 0 Å². The molecule has 0 atom stereocenters. The molecular formula is C14H12Cl2FNO. The van der Waals surface area contributed by atoms with Crippen molar-refractivity contribution in [1.29, 1.82) is 0 Å². The van der Waals surface area contributed by atoms with Crippen LogP contribution in [0.15, 0.2) is 36.4 Å². The predicted octanol–water partition coefficient (Wildman–Crippen LogP) is 4.17. The first-order valence-electron chi connectivity index (χ1n) is 5.66. The van der Waals surface area contributed by atoms with Gasteiger partial charge in [0.25, 0.3) is 0 Å². The minimum Gasteiger partial charge on any atom is -0.485 e. The van der Waals surface area contributed by atoms with Crippen LogP contribution in [0.5, 0.6) is 5.75 Å². The minimum absolute atomic E-state index is 0.132. The lowest BCUT2D eigenvalue weighted by Gasteiger charge is -2.12. The third-order valence-electron chi connectivity index (χ3n) is 2.65. The van der Waals surface area contributed by atoms with Gasteiger partial charge in [0.15, 0.2) is 11.6 Å². The highest BCUT2D eigenvalue weighted by Crippen LogP contribution is 2.26. The van der Waals surface area contributed by atoms with E-state index in [9.17, 15) is 4.39 Å². The summed E-state index contributed by atoms with van der Waals surface area (Å²) < 4.78 is 19.2. The molecule has 0 radical (unpaired) electrons. The monoisotopic (exact) mass is 299 g/mol. The summed E-state index contributed by atoms with van der Waals surface area (Å²) in [5.74, 6) is -0.290. The average Bonchev–Trinajstić information content (AvgIpc) is 2.40. The molecule has 2 aromatic rings. The fourth-order valence-corrected chi connectivity index (χ4v) is 2.05. The smallest absolute Gasteiger partial charge is 0.165 e. The third kappa shape index (κ3) is 3.38. The maximum atomic E-state index is 13.7. The highest BCUT2D eigenvalue weighted by atomic mass is 35.5. The molecule has 2 N–H and O–H groups in total. The molecule has 2 rings (SSSR count). The summed E-state index contributed by atoms with van der Waals surface area (Å²) in [6.45, 7) is 0.337. The lowest BCUT2D eigenvalue weighted by atomic mass is 10.2. The van der Waals surface area contributed by atoms with Crippen LogP contribution in [-0.4, -0.2) is 0 Å². The second kappa shape index (κ2) is 6.24. The molecule has 0 amide bonds. The Morgan fingerprint density at radius 3 is 2.63 bits per heavy atom. The van der Waals surface area contributed by atoms with Crippen molar-refractivity contribution >= 4 is 23.2 Å². The van der Waals surface area contributed by atoms with Gasteiger partial charge in [-0.05, 0) is 24.3 Å². The molecular weight excluding hydrogens is 288 g/mol. The van der Waals surface area contributed by atoms with E-state index < -0.39 is 5.82 Å². The molecule has 0 bridgehead atoms. The Labute approximate surface area is 120 Å². The third-order valence-corrected chi connectivity index (χ3v) is 3.25.